The zero-order chi connectivity index (χ0) is 27.2. The van der Waals surface area contributed by atoms with Crippen LogP contribution in [0.25, 0.3) is 0 Å². The van der Waals surface area contributed by atoms with Gasteiger partial charge in [-0.2, -0.15) is 5.26 Å². The summed E-state index contributed by atoms with van der Waals surface area (Å²) in [6.07, 6.45) is 2.33. The summed E-state index contributed by atoms with van der Waals surface area (Å²) in [5.74, 6) is -0.577. The first-order valence-corrected chi connectivity index (χ1v) is 13.2. The highest BCUT2D eigenvalue weighted by Gasteiger charge is 2.26. The molecule has 2 aliphatic heterocycles. The topological polar surface area (TPSA) is 92.6 Å². The molecule has 39 heavy (non-hydrogen) atoms. The van der Waals surface area contributed by atoms with Crippen LogP contribution >= 0.6 is 0 Å². The van der Waals surface area contributed by atoms with Crippen molar-refractivity contribution in [3.05, 3.63) is 101 Å². The molecule has 1 aromatic heterocycles. The molecule has 2 aliphatic rings. The molecule has 5 rings (SSSR count). The number of amides is 2. The molecule has 3 aromatic rings. The van der Waals surface area contributed by atoms with Crippen LogP contribution in [0.3, 0.4) is 0 Å². The lowest BCUT2D eigenvalue weighted by atomic mass is 10.1. The van der Waals surface area contributed by atoms with E-state index in [0.29, 0.717) is 29.9 Å². The fraction of sp³-hybridized carbons (Fsp3) is 0.333. The Morgan fingerprint density at radius 1 is 0.897 bits per heavy atom. The molecular formula is C30H31FN6O2. The van der Waals surface area contributed by atoms with Crippen molar-refractivity contribution < 1.29 is 14.0 Å². The Balaban J connectivity index is 1.07. The summed E-state index contributed by atoms with van der Waals surface area (Å²) < 4.78 is 13.1. The van der Waals surface area contributed by atoms with Crippen LogP contribution in [0.5, 0.6) is 0 Å². The molecule has 1 N–H and O–H groups in total. The number of hydrogen-bond donors (Lipinski definition) is 1. The number of pyridine rings is 1. The lowest BCUT2D eigenvalue weighted by Crippen LogP contribution is -2.48. The quantitative estimate of drug-likeness (QED) is 0.509. The van der Waals surface area contributed by atoms with Crippen LogP contribution in [-0.2, 0) is 13.1 Å². The molecule has 3 heterocycles. The number of halogens is 1. The number of carbonyl (C=O) groups is 2. The number of aromatic nitrogens is 1. The summed E-state index contributed by atoms with van der Waals surface area (Å²) in [6.45, 7) is 5.79. The minimum atomic E-state index is -0.243. The smallest absolute Gasteiger partial charge is 0.270 e. The van der Waals surface area contributed by atoms with E-state index in [9.17, 15) is 14.0 Å². The molecule has 200 valence electrons. The molecule has 0 aliphatic carbocycles. The van der Waals surface area contributed by atoms with Crippen LogP contribution in [-0.4, -0.2) is 76.8 Å². The van der Waals surface area contributed by atoms with Crippen molar-refractivity contribution in [1.82, 2.24) is 25.0 Å². The highest BCUT2D eigenvalue weighted by Crippen LogP contribution is 2.16. The molecule has 2 amide bonds. The van der Waals surface area contributed by atoms with Gasteiger partial charge in [0.05, 0.1) is 17.2 Å². The third-order valence-corrected chi connectivity index (χ3v) is 7.32. The van der Waals surface area contributed by atoms with Gasteiger partial charge in [0.2, 0.25) is 0 Å². The molecule has 0 spiro atoms. The number of benzene rings is 2. The van der Waals surface area contributed by atoms with Crippen molar-refractivity contribution in [2.75, 3.05) is 39.3 Å². The predicted octanol–water partition coefficient (Wildman–Crippen LogP) is 3.05. The van der Waals surface area contributed by atoms with Crippen LogP contribution in [0.2, 0.25) is 0 Å². The second-order valence-electron chi connectivity index (χ2n) is 10.1. The van der Waals surface area contributed by atoms with Crippen LogP contribution in [0.4, 0.5) is 4.39 Å². The third-order valence-electron chi connectivity index (χ3n) is 7.32. The van der Waals surface area contributed by atoms with Crippen molar-refractivity contribution in [3.63, 3.8) is 0 Å². The third kappa shape index (κ3) is 6.85. The van der Waals surface area contributed by atoms with Crippen molar-refractivity contribution in [2.45, 2.75) is 25.6 Å². The van der Waals surface area contributed by atoms with Gasteiger partial charge in [-0.15, -0.1) is 0 Å². The second kappa shape index (κ2) is 12.2. The summed E-state index contributed by atoms with van der Waals surface area (Å²) >= 11 is 0. The summed E-state index contributed by atoms with van der Waals surface area (Å²) in [4.78, 5) is 36.4. The molecule has 2 fully saturated rings. The molecular weight excluding hydrogens is 495 g/mol. The van der Waals surface area contributed by atoms with E-state index in [4.69, 9.17) is 5.26 Å². The second-order valence-corrected chi connectivity index (χ2v) is 10.1. The average Bonchev–Trinajstić information content (AvgIpc) is 3.41. The molecule has 0 saturated carbocycles. The Kier molecular flexibility index (Phi) is 8.25. The highest BCUT2D eigenvalue weighted by atomic mass is 19.1. The molecule has 9 heteroatoms. The summed E-state index contributed by atoms with van der Waals surface area (Å²) in [5, 5.41) is 12.0. The van der Waals surface area contributed by atoms with Gasteiger partial charge in [0.15, 0.2) is 0 Å². The zero-order valence-electron chi connectivity index (χ0n) is 21.7. The van der Waals surface area contributed by atoms with Crippen LogP contribution in [0, 0.1) is 17.1 Å². The number of nitrogens with zero attached hydrogens (tertiary/aromatic N) is 5. The minimum absolute atomic E-state index is 0.0326. The number of rotatable bonds is 7. The molecule has 2 saturated heterocycles. The normalized spacial score (nSPS) is 18.1. The molecule has 2 aromatic carbocycles. The van der Waals surface area contributed by atoms with Gasteiger partial charge >= 0.3 is 0 Å². The van der Waals surface area contributed by atoms with Gasteiger partial charge in [-0.3, -0.25) is 24.4 Å². The monoisotopic (exact) mass is 526 g/mol. The Hall–Kier alpha value is -4.13. The number of piperazine rings is 1. The van der Waals surface area contributed by atoms with Gasteiger partial charge in [0.25, 0.3) is 11.8 Å². The molecule has 0 radical (unpaired) electrons. The Morgan fingerprint density at radius 2 is 1.56 bits per heavy atom. The lowest BCUT2D eigenvalue weighted by molar-refractivity contribution is 0.0627. The standard InChI is InChI=1S/C30H31FN6O2/c31-26-8-5-24(6-9-26)19-35-13-15-37(16-14-35)30(39)25-7-10-28(33-18-25)29(38)34-27-11-12-36(21-27)20-23-3-1-22(17-32)2-4-23/h1-10,18,27H,11-16,19-21H2,(H,34,38)/t27-/m1/s1. The molecule has 0 bridgehead atoms. The van der Waals surface area contributed by atoms with Crippen LogP contribution in [0.1, 0.15) is 44.0 Å². The fourth-order valence-electron chi connectivity index (χ4n) is 5.09. The predicted molar refractivity (Wildman–Crippen MR) is 144 cm³/mol. The number of hydrogen-bond acceptors (Lipinski definition) is 6. The first kappa shape index (κ1) is 26.5. The summed E-state index contributed by atoms with van der Waals surface area (Å²) in [6, 6.07) is 19.5. The Labute approximate surface area is 227 Å². The molecule has 1 atom stereocenters. The number of nitrogens with one attached hydrogen (secondary N) is 1. The first-order chi connectivity index (χ1) is 19.0. The van der Waals surface area contributed by atoms with Crippen molar-refractivity contribution in [3.8, 4) is 6.07 Å². The maximum Gasteiger partial charge on any atom is 0.270 e. The summed E-state index contributed by atoms with van der Waals surface area (Å²) in [5.41, 5.74) is 3.59. The zero-order valence-corrected chi connectivity index (χ0v) is 21.7. The van der Waals surface area contributed by atoms with E-state index in [0.717, 1.165) is 56.8 Å². The first-order valence-electron chi connectivity index (χ1n) is 13.2. The van der Waals surface area contributed by atoms with E-state index in [2.05, 4.69) is 26.2 Å². The van der Waals surface area contributed by atoms with E-state index in [1.54, 1.807) is 29.2 Å². The van der Waals surface area contributed by atoms with Gasteiger partial charge in [-0.05, 0) is 53.9 Å². The van der Waals surface area contributed by atoms with E-state index >= 15 is 0 Å². The number of likely N-dealkylation sites (tertiary alicyclic amines) is 1. The van der Waals surface area contributed by atoms with Crippen molar-refractivity contribution >= 4 is 11.8 Å². The average molecular weight is 527 g/mol. The van der Waals surface area contributed by atoms with E-state index in [1.165, 1.54) is 18.3 Å². The molecule has 8 nitrogen and oxygen atoms in total. The van der Waals surface area contributed by atoms with Crippen LogP contribution < -0.4 is 5.32 Å². The largest absolute Gasteiger partial charge is 0.347 e. The SMILES string of the molecule is N#Cc1ccc(CN2CC[C@@H](NC(=O)c3ccc(C(=O)N4CCN(Cc5ccc(F)cc5)CC4)cn3)C2)cc1. The van der Waals surface area contributed by atoms with E-state index in [-0.39, 0.29) is 23.7 Å². The van der Waals surface area contributed by atoms with E-state index in [1.807, 2.05) is 24.3 Å². The van der Waals surface area contributed by atoms with Gasteiger partial charge < -0.3 is 10.2 Å². The minimum Gasteiger partial charge on any atom is -0.347 e. The van der Waals surface area contributed by atoms with Gasteiger partial charge in [0, 0.05) is 64.6 Å². The van der Waals surface area contributed by atoms with Gasteiger partial charge in [-0.1, -0.05) is 24.3 Å². The summed E-state index contributed by atoms with van der Waals surface area (Å²) in [7, 11) is 0. The molecule has 0 unspecified atom stereocenters. The number of nitriles is 1. The maximum atomic E-state index is 13.1. The van der Waals surface area contributed by atoms with Crippen molar-refractivity contribution in [1.29, 1.82) is 5.26 Å². The van der Waals surface area contributed by atoms with Crippen molar-refractivity contribution in [2.24, 2.45) is 0 Å². The van der Waals surface area contributed by atoms with Gasteiger partial charge in [-0.25, -0.2) is 4.39 Å². The highest BCUT2D eigenvalue weighted by molar-refractivity contribution is 5.96. The lowest BCUT2D eigenvalue weighted by Gasteiger charge is -2.34. The van der Waals surface area contributed by atoms with E-state index < -0.39 is 0 Å². The van der Waals surface area contributed by atoms with Crippen LogP contribution in [0.15, 0.2) is 66.9 Å². The fourth-order valence-corrected chi connectivity index (χ4v) is 5.09. The Bertz CT molecular complexity index is 1330. The maximum absolute atomic E-state index is 13.1. The number of carbonyl (C=O) groups excluding carboxylic acids is 2. The Morgan fingerprint density at radius 3 is 2.21 bits per heavy atom. The van der Waals surface area contributed by atoms with Gasteiger partial charge in [0.1, 0.15) is 11.5 Å².